The molecule has 140 valence electrons. The number of hydrogen-bond acceptors (Lipinski definition) is 3. The molecule has 0 radical (unpaired) electrons. The van der Waals surface area contributed by atoms with E-state index in [9.17, 15) is 9.90 Å². The van der Waals surface area contributed by atoms with E-state index in [0.29, 0.717) is 6.42 Å². The van der Waals surface area contributed by atoms with Gasteiger partial charge in [0.25, 0.3) is 0 Å². The van der Waals surface area contributed by atoms with Crippen LogP contribution in [0.3, 0.4) is 0 Å². The molecule has 3 aromatic rings. The van der Waals surface area contributed by atoms with Crippen molar-refractivity contribution >= 4 is 27.8 Å². The van der Waals surface area contributed by atoms with Crippen molar-refractivity contribution in [2.45, 2.75) is 32.7 Å². The second kappa shape index (κ2) is 5.96. The van der Waals surface area contributed by atoms with Gasteiger partial charge in [-0.25, -0.2) is 0 Å². The number of anilines is 1. The highest BCUT2D eigenvalue weighted by Crippen LogP contribution is 2.52. The first-order chi connectivity index (χ1) is 13.4. The molecule has 0 amide bonds. The Morgan fingerprint density at radius 2 is 1.82 bits per heavy atom. The third-order valence-electron chi connectivity index (χ3n) is 5.94. The van der Waals surface area contributed by atoms with Crippen LogP contribution in [0, 0.1) is 5.41 Å². The van der Waals surface area contributed by atoms with Gasteiger partial charge in [0.2, 0.25) is 0 Å². The minimum absolute atomic E-state index is 0.0646. The Balaban J connectivity index is 1.81. The van der Waals surface area contributed by atoms with Gasteiger partial charge in [0.05, 0.1) is 6.04 Å². The minimum atomic E-state index is -0.237. The number of carbonyl (C=O) groups excluding carboxylic acids is 1. The molecular formula is C25H23NO2. The van der Waals surface area contributed by atoms with Crippen LogP contribution in [0.4, 0.5) is 5.69 Å². The number of ketones is 1. The van der Waals surface area contributed by atoms with Gasteiger partial charge in [-0.05, 0) is 51.9 Å². The molecule has 1 heterocycles. The highest BCUT2D eigenvalue weighted by atomic mass is 16.3. The van der Waals surface area contributed by atoms with Crippen molar-refractivity contribution in [1.82, 2.24) is 0 Å². The Bertz CT molecular complexity index is 1160. The highest BCUT2D eigenvalue weighted by Gasteiger charge is 2.40. The molecule has 0 fully saturated rings. The van der Waals surface area contributed by atoms with E-state index < -0.39 is 0 Å². The molecule has 0 aromatic heterocycles. The number of rotatable bonds is 1. The summed E-state index contributed by atoms with van der Waals surface area (Å²) in [4.78, 5) is 13.3. The average molecular weight is 369 g/mol. The molecule has 0 saturated carbocycles. The standard InChI is InChI=1S/C25H23NO2/c1-25(2)13-19-22-18-9-4-3-6-15(18)10-11-20(22)26-24(23(19)21(28)14-25)16-7-5-8-17(27)12-16/h3-12,24,26-27H,13-14H2,1-2H3/t24-/m0/s1. The SMILES string of the molecule is CC1(C)CC(=O)C2=C(C1)c1c(ccc3ccccc13)N[C@H]2c1cccc(O)c1. The monoisotopic (exact) mass is 369 g/mol. The Morgan fingerprint density at radius 3 is 2.64 bits per heavy atom. The number of phenols is 1. The zero-order chi connectivity index (χ0) is 19.5. The molecule has 2 aliphatic rings. The van der Waals surface area contributed by atoms with Gasteiger partial charge in [-0.2, -0.15) is 0 Å². The highest BCUT2D eigenvalue weighted by molar-refractivity contribution is 6.12. The van der Waals surface area contributed by atoms with Gasteiger partial charge in [0.15, 0.2) is 5.78 Å². The summed E-state index contributed by atoms with van der Waals surface area (Å²) >= 11 is 0. The Kier molecular flexibility index (Phi) is 3.63. The fourth-order valence-corrected chi connectivity index (χ4v) is 4.79. The maximum Gasteiger partial charge on any atom is 0.162 e. The molecule has 0 bridgehead atoms. The molecule has 0 unspecified atom stereocenters. The summed E-state index contributed by atoms with van der Waals surface area (Å²) in [7, 11) is 0. The lowest BCUT2D eigenvalue weighted by atomic mass is 9.68. The molecule has 0 spiro atoms. The number of fused-ring (bicyclic) bond motifs is 4. The van der Waals surface area contributed by atoms with Crippen LogP contribution in [0.15, 0.2) is 66.2 Å². The number of carbonyl (C=O) groups is 1. The number of nitrogens with one attached hydrogen (secondary N) is 1. The predicted molar refractivity (Wildman–Crippen MR) is 113 cm³/mol. The minimum Gasteiger partial charge on any atom is -0.508 e. The zero-order valence-corrected chi connectivity index (χ0v) is 16.1. The number of phenolic OH excluding ortho intramolecular Hbond substituents is 1. The maximum atomic E-state index is 13.3. The van der Waals surface area contributed by atoms with Crippen LogP contribution in [-0.4, -0.2) is 10.9 Å². The lowest BCUT2D eigenvalue weighted by Crippen LogP contribution is -2.33. The first kappa shape index (κ1) is 17.1. The predicted octanol–water partition coefficient (Wildman–Crippen LogP) is 5.85. The van der Waals surface area contributed by atoms with Crippen molar-refractivity contribution in [2.75, 3.05) is 5.32 Å². The summed E-state index contributed by atoms with van der Waals surface area (Å²) in [5.74, 6) is 0.417. The van der Waals surface area contributed by atoms with Crippen LogP contribution in [0.25, 0.3) is 16.3 Å². The third kappa shape index (κ3) is 2.62. The summed E-state index contributed by atoms with van der Waals surface area (Å²) in [6.07, 6.45) is 1.41. The summed E-state index contributed by atoms with van der Waals surface area (Å²) in [5, 5.41) is 16.0. The Morgan fingerprint density at radius 1 is 1.00 bits per heavy atom. The van der Waals surface area contributed by atoms with Crippen LogP contribution in [0.5, 0.6) is 5.75 Å². The zero-order valence-electron chi connectivity index (χ0n) is 16.1. The second-order valence-corrected chi connectivity index (χ2v) is 8.71. The van der Waals surface area contributed by atoms with Crippen LogP contribution in [-0.2, 0) is 4.79 Å². The lowest BCUT2D eigenvalue weighted by Gasteiger charge is -2.40. The van der Waals surface area contributed by atoms with Crippen molar-refractivity contribution < 1.29 is 9.90 Å². The van der Waals surface area contributed by atoms with Gasteiger partial charge < -0.3 is 10.4 Å². The van der Waals surface area contributed by atoms with E-state index in [0.717, 1.165) is 34.4 Å². The molecule has 5 rings (SSSR count). The number of allylic oxidation sites excluding steroid dienone is 1. The van der Waals surface area contributed by atoms with Crippen LogP contribution < -0.4 is 5.32 Å². The molecule has 1 atom stereocenters. The normalized spacial score (nSPS) is 20.5. The molecule has 2 N–H and O–H groups in total. The maximum absolute atomic E-state index is 13.3. The van der Waals surface area contributed by atoms with Crippen molar-refractivity contribution in [1.29, 1.82) is 0 Å². The van der Waals surface area contributed by atoms with E-state index in [1.165, 1.54) is 10.8 Å². The van der Waals surface area contributed by atoms with Gasteiger partial charge >= 0.3 is 0 Å². The first-order valence-electron chi connectivity index (χ1n) is 9.77. The van der Waals surface area contributed by atoms with Crippen LogP contribution in [0.2, 0.25) is 0 Å². The molecule has 28 heavy (non-hydrogen) atoms. The quantitative estimate of drug-likeness (QED) is 0.565. The summed E-state index contributed by atoms with van der Waals surface area (Å²) in [6.45, 7) is 4.34. The molecule has 3 heteroatoms. The van der Waals surface area contributed by atoms with Gasteiger partial charge in [0, 0.05) is 23.2 Å². The Labute approximate surface area is 164 Å². The molecule has 3 aromatic carbocycles. The average Bonchev–Trinajstić information content (AvgIpc) is 2.66. The van der Waals surface area contributed by atoms with Gasteiger partial charge in [-0.15, -0.1) is 0 Å². The van der Waals surface area contributed by atoms with E-state index in [-0.39, 0.29) is 23.0 Å². The fourth-order valence-electron chi connectivity index (χ4n) is 4.79. The smallest absolute Gasteiger partial charge is 0.162 e. The van der Waals surface area contributed by atoms with E-state index in [2.05, 4.69) is 49.5 Å². The van der Waals surface area contributed by atoms with Crippen molar-refractivity contribution in [3.05, 3.63) is 77.4 Å². The topological polar surface area (TPSA) is 49.3 Å². The number of Topliss-reactive ketones (excluding diaryl/α,β-unsaturated/α-hetero) is 1. The molecule has 0 saturated heterocycles. The molecular weight excluding hydrogens is 346 g/mol. The summed E-state index contributed by atoms with van der Waals surface area (Å²) in [5.41, 5.74) is 5.07. The Hall–Kier alpha value is -3.07. The van der Waals surface area contributed by atoms with Crippen LogP contribution in [0.1, 0.15) is 43.9 Å². The molecule has 1 aliphatic carbocycles. The van der Waals surface area contributed by atoms with Crippen molar-refractivity contribution in [3.63, 3.8) is 0 Å². The largest absolute Gasteiger partial charge is 0.508 e. The number of benzene rings is 3. The second-order valence-electron chi connectivity index (χ2n) is 8.71. The summed E-state index contributed by atoms with van der Waals surface area (Å²) in [6, 6.07) is 19.6. The lowest BCUT2D eigenvalue weighted by molar-refractivity contribution is -0.118. The van der Waals surface area contributed by atoms with E-state index >= 15 is 0 Å². The molecule has 1 aliphatic heterocycles. The number of aromatic hydroxyl groups is 1. The number of hydrogen-bond donors (Lipinski definition) is 2. The third-order valence-corrected chi connectivity index (χ3v) is 5.94. The van der Waals surface area contributed by atoms with E-state index in [1.54, 1.807) is 12.1 Å². The van der Waals surface area contributed by atoms with Gasteiger partial charge in [0.1, 0.15) is 5.75 Å². The summed E-state index contributed by atoms with van der Waals surface area (Å²) < 4.78 is 0. The van der Waals surface area contributed by atoms with Crippen molar-refractivity contribution in [2.24, 2.45) is 5.41 Å². The van der Waals surface area contributed by atoms with Gasteiger partial charge in [-0.3, -0.25) is 4.79 Å². The van der Waals surface area contributed by atoms with E-state index in [4.69, 9.17) is 0 Å². The van der Waals surface area contributed by atoms with Crippen LogP contribution >= 0.6 is 0 Å². The van der Waals surface area contributed by atoms with E-state index in [1.807, 2.05) is 18.2 Å². The molecule has 3 nitrogen and oxygen atoms in total. The fraction of sp³-hybridized carbons (Fsp3) is 0.240. The van der Waals surface area contributed by atoms with Gasteiger partial charge in [-0.1, -0.05) is 56.3 Å². The van der Waals surface area contributed by atoms with Crippen molar-refractivity contribution in [3.8, 4) is 5.75 Å². The first-order valence-corrected chi connectivity index (χ1v) is 9.77.